The number of benzene rings is 1. The van der Waals surface area contributed by atoms with Crippen LogP contribution in [0.5, 0.6) is 11.5 Å². The van der Waals surface area contributed by atoms with Gasteiger partial charge in [-0.05, 0) is 26.0 Å². The summed E-state index contributed by atoms with van der Waals surface area (Å²) in [4.78, 5) is 11.6. The van der Waals surface area contributed by atoms with Crippen molar-refractivity contribution in [2.75, 3.05) is 7.11 Å². The standard InChI is InChI=1S/C11H15NO3/c1-6-9(13)4-8(5-10(6)15-3)11(14)7(2)12/h4-5,7,13H,12H2,1-3H3. The minimum atomic E-state index is -0.586. The highest BCUT2D eigenvalue weighted by Gasteiger charge is 2.15. The van der Waals surface area contributed by atoms with Crippen LogP contribution in [0.2, 0.25) is 0 Å². The van der Waals surface area contributed by atoms with Crippen LogP contribution in [0.3, 0.4) is 0 Å². The Labute approximate surface area is 88.7 Å². The Kier molecular flexibility index (Phi) is 3.31. The quantitative estimate of drug-likeness (QED) is 0.734. The number of aromatic hydroxyl groups is 1. The van der Waals surface area contributed by atoms with E-state index in [1.54, 1.807) is 19.9 Å². The van der Waals surface area contributed by atoms with E-state index in [1.807, 2.05) is 0 Å². The number of nitrogens with two attached hydrogens (primary N) is 1. The van der Waals surface area contributed by atoms with E-state index in [-0.39, 0.29) is 11.5 Å². The SMILES string of the molecule is COc1cc(C(=O)C(C)N)cc(O)c1C. The van der Waals surface area contributed by atoms with Gasteiger partial charge in [0.2, 0.25) is 0 Å². The molecule has 1 unspecified atom stereocenters. The molecular formula is C11H15NO3. The third-order valence-electron chi connectivity index (χ3n) is 2.25. The smallest absolute Gasteiger partial charge is 0.179 e. The fourth-order valence-corrected chi connectivity index (χ4v) is 1.29. The summed E-state index contributed by atoms with van der Waals surface area (Å²) in [6.07, 6.45) is 0. The fraction of sp³-hybridized carbons (Fsp3) is 0.364. The predicted octanol–water partition coefficient (Wildman–Crippen LogP) is 1.24. The summed E-state index contributed by atoms with van der Waals surface area (Å²) in [5.74, 6) is 0.306. The average Bonchev–Trinajstić information content (AvgIpc) is 2.20. The number of ether oxygens (including phenoxy) is 1. The van der Waals surface area contributed by atoms with E-state index < -0.39 is 6.04 Å². The number of hydrogen-bond donors (Lipinski definition) is 2. The molecule has 0 heterocycles. The van der Waals surface area contributed by atoms with Crippen molar-refractivity contribution in [3.8, 4) is 11.5 Å². The van der Waals surface area contributed by atoms with Crippen LogP contribution in [0.1, 0.15) is 22.8 Å². The lowest BCUT2D eigenvalue weighted by molar-refractivity contribution is 0.0967. The highest BCUT2D eigenvalue weighted by atomic mass is 16.5. The Hall–Kier alpha value is -1.55. The molecule has 1 rings (SSSR count). The van der Waals surface area contributed by atoms with Gasteiger partial charge in [-0.15, -0.1) is 0 Å². The summed E-state index contributed by atoms with van der Waals surface area (Å²) in [7, 11) is 1.49. The molecule has 3 N–H and O–H groups in total. The molecule has 0 aliphatic heterocycles. The number of Topliss-reactive ketones (excluding diaryl/α,β-unsaturated/α-hetero) is 1. The van der Waals surface area contributed by atoms with Crippen molar-refractivity contribution in [2.24, 2.45) is 5.73 Å². The Balaban J connectivity index is 3.22. The number of ketones is 1. The molecule has 0 radical (unpaired) electrons. The summed E-state index contributed by atoms with van der Waals surface area (Å²) in [6.45, 7) is 3.32. The maximum absolute atomic E-state index is 11.6. The largest absolute Gasteiger partial charge is 0.508 e. The molecule has 0 fully saturated rings. The van der Waals surface area contributed by atoms with Gasteiger partial charge in [0.1, 0.15) is 11.5 Å². The Morgan fingerprint density at radius 2 is 2.13 bits per heavy atom. The molecule has 1 aromatic rings. The zero-order chi connectivity index (χ0) is 11.6. The van der Waals surface area contributed by atoms with E-state index in [2.05, 4.69) is 0 Å². The van der Waals surface area contributed by atoms with Gasteiger partial charge in [0.05, 0.1) is 13.2 Å². The molecule has 15 heavy (non-hydrogen) atoms. The molecule has 0 bridgehead atoms. The van der Waals surface area contributed by atoms with E-state index in [0.29, 0.717) is 16.9 Å². The van der Waals surface area contributed by atoms with Crippen LogP contribution in [0.15, 0.2) is 12.1 Å². The molecule has 0 aromatic heterocycles. The molecule has 0 spiro atoms. The first-order valence-electron chi connectivity index (χ1n) is 4.64. The third-order valence-corrected chi connectivity index (χ3v) is 2.25. The first kappa shape index (κ1) is 11.5. The normalized spacial score (nSPS) is 12.3. The molecule has 1 aromatic carbocycles. The lowest BCUT2D eigenvalue weighted by Crippen LogP contribution is -2.26. The van der Waals surface area contributed by atoms with Crippen molar-refractivity contribution in [1.29, 1.82) is 0 Å². The highest BCUT2D eigenvalue weighted by Crippen LogP contribution is 2.28. The van der Waals surface area contributed by atoms with Gasteiger partial charge in [0.25, 0.3) is 0 Å². The van der Waals surface area contributed by atoms with Crippen molar-refractivity contribution in [3.05, 3.63) is 23.3 Å². The van der Waals surface area contributed by atoms with E-state index >= 15 is 0 Å². The molecular weight excluding hydrogens is 194 g/mol. The minimum Gasteiger partial charge on any atom is -0.508 e. The van der Waals surface area contributed by atoms with Gasteiger partial charge >= 0.3 is 0 Å². The predicted molar refractivity (Wildman–Crippen MR) is 57.4 cm³/mol. The van der Waals surface area contributed by atoms with Crippen molar-refractivity contribution >= 4 is 5.78 Å². The second-order valence-corrected chi connectivity index (χ2v) is 3.48. The van der Waals surface area contributed by atoms with Crippen LogP contribution in [0.25, 0.3) is 0 Å². The van der Waals surface area contributed by atoms with Crippen molar-refractivity contribution < 1.29 is 14.6 Å². The monoisotopic (exact) mass is 209 g/mol. The number of carbonyl (C=O) groups excluding carboxylic acids is 1. The molecule has 82 valence electrons. The summed E-state index contributed by atoms with van der Waals surface area (Å²) in [5, 5.41) is 9.57. The first-order valence-corrected chi connectivity index (χ1v) is 4.64. The molecule has 4 heteroatoms. The highest BCUT2D eigenvalue weighted by molar-refractivity contribution is 6.00. The number of carbonyl (C=O) groups is 1. The van der Waals surface area contributed by atoms with Gasteiger partial charge in [0, 0.05) is 11.1 Å². The van der Waals surface area contributed by atoms with E-state index in [0.717, 1.165) is 0 Å². The molecule has 4 nitrogen and oxygen atoms in total. The van der Waals surface area contributed by atoms with Crippen LogP contribution in [0, 0.1) is 6.92 Å². The molecule has 0 aliphatic rings. The zero-order valence-electron chi connectivity index (χ0n) is 9.07. The Morgan fingerprint density at radius 3 is 2.60 bits per heavy atom. The van der Waals surface area contributed by atoms with Crippen LogP contribution < -0.4 is 10.5 Å². The van der Waals surface area contributed by atoms with Gasteiger partial charge in [-0.2, -0.15) is 0 Å². The number of rotatable bonds is 3. The van der Waals surface area contributed by atoms with Crippen molar-refractivity contribution in [3.63, 3.8) is 0 Å². The average molecular weight is 209 g/mol. The fourth-order valence-electron chi connectivity index (χ4n) is 1.29. The number of methoxy groups -OCH3 is 1. The van der Waals surface area contributed by atoms with Crippen LogP contribution in [-0.2, 0) is 0 Å². The van der Waals surface area contributed by atoms with Crippen molar-refractivity contribution in [2.45, 2.75) is 19.9 Å². The topological polar surface area (TPSA) is 72.5 Å². The van der Waals surface area contributed by atoms with E-state index in [9.17, 15) is 9.90 Å². The second-order valence-electron chi connectivity index (χ2n) is 3.48. The van der Waals surface area contributed by atoms with Gasteiger partial charge in [0.15, 0.2) is 5.78 Å². The molecule has 1 atom stereocenters. The maximum atomic E-state index is 11.6. The molecule has 0 saturated heterocycles. The third kappa shape index (κ3) is 2.27. The van der Waals surface area contributed by atoms with Crippen LogP contribution in [-0.4, -0.2) is 24.0 Å². The number of hydrogen-bond acceptors (Lipinski definition) is 4. The summed E-state index contributed by atoms with van der Waals surface area (Å²) in [6, 6.07) is 2.40. The summed E-state index contributed by atoms with van der Waals surface area (Å²) >= 11 is 0. The summed E-state index contributed by atoms with van der Waals surface area (Å²) in [5.41, 5.74) is 6.45. The molecule has 0 amide bonds. The van der Waals surface area contributed by atoms with Crippen molar-refractivity contribution in [1.82, 2.24) is 0 Å². The zero-order valence-corrected chi connectivity index (χ0v) is 9.07. The first-order chi connectivity index (χ1) is 6.97. The van der Waals surface area contributed by atoms with Crippen LogP contribution in [0.4, 0.5) is 0 Å². The Morgan fingerprint density at radius 1 is 1.53 bits per heavy atom. The Bertz CT molecular complexity index is 386. The van der Waals surface area contributed by atoms with E-state index in [4.69, 9.17) is 10.5 Å². The molecule has 0 saturated carbocycles. The maximum Gasteiger partial charge on any atom is 0.179 e. The number of phenolic OH excluding ortho intramolecular Hbond substituents is 1. The summed E-state index contributed by atoms with van der Waals surface area (Å²) < 4.78 is 5.04. The van der Waals surface area contributed by atoms with Gasteiger partial charge < -0.3 is 15.6 Å². The minimum absolute atomic E-state index is 0.0401. The number of phenols is 1. The second kappa shape index (κ2) is 4.31. The van der Waals surface area contributed by atoms with Crippen LogP contribution >= 0.6 is 0 Å². The van der Waals surface area contributed by atoms with Gasteiger partial charge in [-0.25, -0.2) is 0 Å². The lowest BCUT2D eigenvalue weighted by atomic mass is 10.0. The van der Waals surface area contributed by atoms with Gasteiger partial charge in [-0.3, -0.25) is 4.79 Å². The molecule has 0 aliphatic carbocycles. The van der Waals surface area contributed by atoms with Gasteiger partial charge in [-0.1, -0.05) is 0 Å². The lowest BCUT2D eigenvalue weighted by Gasteiger charge is -2.10. The van der Waals surface area contributed by atoms with E-state index in [1.165, 1.54) is 13.2 Å².